The van der Waals surface area contributed by atoms with E-state index in [0.29, 0.717) is 11.5 Å². The molecule has 1 aromatic heterocycles. The molecule has 1 aliphatic carbocycles. The lowest BCUT2D eigenvalue weighted by Crippen LogP contribution is -2.18. The fourth-order valence-corrected chi connectivity index (χ4v) is 2.58. The van der Waals surface area contributed by atoms with Crippen molar-refractivity contribution in [2.24, 2.45) is 11.8 Å². The van der Waals surface area contributed by atoms with E-state index in [0.717, 1.165) is 17.1 Å². The Balaban J connectivity index is 2.02. The van der Waals surface area contributed by atoms with Crippen LogP contribution in [0.1, 0.15) is 25.1 Å². The number of furan rings is 1. The van der Waals surface area contributed by atoms with E-state index in [-0.39, 0.29) is 11.9 Å². The predicted molar refractivity (Wildman–Crippen MR) is 65.2 cm³/mol. The lowest BCUT2D eigenvalue weighted by atomic mass is 10.1. The van der Waals surface area contributed by atoms with Gasteiger partial charge in [0.05, 0.1) is 6.04 Å². The summed E-state index contributed by atoms with van der Waals surface area (Å²) in [5.74, 6) is 1.91. The quantitative estimate of drug-likeness (QED) is 0.877. The first kappa shape index (κ1) is 10.8. The number of benzene rings is 1. The first-order valence-corrected chi connectivity index (χ1v) is 6.06. The molecule has 1 aliphatic rings. The molecule has 0 radical (unpaired) electrons. The molecule has 1 fully saturated rings. The molecule has 0 bridgehead atoms. The van der Waals surface area contributed by atoms with Crippen LogP contribution < -0.4 is 5.32 Å². The Kier molecular flexibility index (Phi) is 2.44. The number of para-hydroxylation sites is 1. The second-order valence-electron chi connectivity index (χ2n) is 4.95. The minimum atomic E-state index is -0.285. The number of hydrogen-bond acceptors (Lipinski definition) is 2. The van der Waals surface area contributed by atoms with E-state index in [9.17, 15) is 4.39 Å². The Bertz CT molecular complexity index is 548. The van der Waals surface area contributed by atoms with E-state index in [2.05, 4.69) is 12.2 Å². The van der Waals surface area contributed by atoms with Crippen LogP contribution in [0.15, 0.2) is 28.7 Å². The number of rotatable bonds is 3. The Hall–Kier alpha value is -1.35. The zero-order valence-corrected chi connectivity index (χ0v) is 10.0. The van der Waals surface area contributed by atoms with Crippen molar-refractivity contribution in [2.75, 3.05) is 7.05 Å². The van der Waals surface area contributed by atoms with Crippen LogP contribution in [0.3, 0.4) is 0 Å². The third kappa shape index (κ3) is 1.75. The molecule has 17 heavy (non-hydrogen) atoms. The van der Waals surface area contributed by atoms with Gasteiger partial charge in [-0.15, -0.1) is 0 Å². The highest BCUT2D eigenvalue weighted by atomic mass is 19.1. The van der Waals surface area contributed by atoms with E-state index in [1.54, 1.807) is 6.07 Å². The zero-order valence-electron chi connectivity index (χ0n) is 10.0. The molecule has 0 amide bonds. The number of hydrogen-bond donors (Lipinski definition) is 1. The van der Waals surface area contributed by atoms with Gasteiger partial charge in [0.15, 0.2) is 11.4 Å². The second-order valence-corrected chi connectivity index (χ2v) is 4.95. The molecule has 2 nitrogen and oxygen atoms in total. The highest BCUT2D eigenvalue weighted by molar-refractivity contribution is 5.78. The van der Waals surface area contributed by atoms with Crippen molar-refractivity contribution in [3.8, 4) is 0 Å². The minimum absolute atomic E-state index is 0.205. The maximum atomic E-state index is 13.5. The van der Waals surface area contributed by atoms with Gasteiger partial charge in [-0.3, -0.25) is 0 Å². The van der Waals surface area contributed by atoms with Crippen LogP contribution in [0, 0.1) is 17.7 Å². The van der Waals surface area contributed by atoms with Crippen LogP contribution >= 0.6 is 0 Å². The average Bonchev–Trinajstić information content (AvgIpc) is 2.87. The molecule has 2 aromatic rings. The van der Waals surface area contributed by atoms with Gasteiger partial charge in [0.2, 0.25) is 0 Å². The summed E-state index contributed by atoms with van der Waals surface area (Å²) in [6, 6.07) is 7.19. The Morgan fingerprint density at radius 2 is 2.24 bits per heavy atom. The van der Waals surface area contributed by atoms with E-state index in [1.165, 1.54) is 12.5 Å². The summed E-state index contributed by atoms with van der Waals surface area (Å²) >= 11 is 0. The van der Waals surface area contributed by atoms with Crippen molar-refractivity contribution >= 4 is 11.0 Å². The molecule has 1 aromatic carbocycles. The monoisotopic (exact) mass is 233 g/mol. The van der Waals surface area contributed by atoms with Crippen LogP contribution in [0.25, 0.3) is 11.0 Å². The van der Waals surface area contributed by atoms with Crippen LogP contribution in [0.4, 0.5) is 4.39 Å². The standard InChI is InChI=1S/C14H16FNO/c1-8-6-10(8)13(16-2)12-7-9-4-3-5-11(15)14(9)17-12/h3-5,7-8,10,13,16H,6H2,1-2H3. The highest BCUT2D eigenvalue weighted by Crippen LogP contribution is 2.47. The average molecular weight is 233 g/mol. The Labute approximate surface area is 99.8 Å². The van der Waals surface area contributed by atoms with Gasteiger partial charge >= 0.3 is 0 Å². The normalized spacial score (nSPS) is 25.1. The molecule has 1 N–H and O–H groups in total. The van der Waals surface area contributed by atoms with Crippen molar-refractivity contribution in [3.05, 3.63) is 35.8 Å². The summed E-state index contributed by atoms with van der Waals surface area (Å²) in [4.78, 5) is 0. The molecular formula is C14H16FNO. The smallest absolute Gasteiger partial charge is 0.169 e. The summed E-state index contributed by atoms with van der Waals surface area (Å²) in [5, 5.41) is 4.12. The van der Waals surface area contributed by atoms with Crippen molar-refractivity contribution in [3.63, 3.8) is 0 Å². The van der Waals surface area contributed by atoms with Crippen LogP contribution in [0.5, 0.6) is 0 Å². The van der Waals surface area contributed by atoms with Crippen molar-refractivity contribution in [1.82, 2.24) is 5.32 Å². The number of nitrogens with one attached hydrogen (secondary N) is 1. The zero-order chi connectivity index (χ0) is 12.0. The molecule has 3 heteroatoms. The topological polar surface area (TPSA) is 25.2 Å². The lowest BCUT2D eigenvalue weighted by molar-refractivity contribution is 0.402. The highest BCUT2D eigenvalue weighted by Gasteiger charge is 2.41. The molecule has 1 heterocycles. The van der Waals surface area contributed by atoms with E-state index in [4.69, 9.17) is 4.42 Å². The molecule has 3 unspecified atom stereocenters. The van der Waals surface area contributed by atoms with Crippen LogP contribution in [-0.4, -0.2) is 7.05 Å². The van der Waals surface area contributed by atoms with Crippen molar-refractivity contribution in [2.45, 2.75) is 19.4 Å². The van der Waals surface area contributed by atoms with E-state index < -0.39 is 0 Å². The van der Waals surface area contributed by atoms with Gasteiger partial charge in [0.25, 0.3) is 0 Å². The first-order valence-electron chi connectivity index (χ1n) is 6.06. The molecular weight excluding hydrogens is 217 g/mol. The Morgan fingerprint density at radius 1 is 1.47 bits per heavy atom. The van der Waals surface area contributed by atoms with Gasteiger partial charge in [0, 0.05) is 5.39 Å². The molecule has 3 atom stereocenters. The summed E-state index contributed by atoms with van der Waals surface area (Å²) in [5.41, 5.74) is 0.371. The predicted octanol–water partition coefficient (Wildman–Crippen LogP) is 3.49. The van der Waals surface area contributed by atoms with E-state index >= 15 is 0 Å². The molecule has 0 spiro atoms. The largest absolute Gasteiger partial charge is 0.456 e. The summed E-state index contributed by atoms with van der Waals surface area (Å²) < 4.78 is 19.2. The second kappa shape index (κ2) is 3.84. The fourth-order valence-electron chi connectivity index (χ4n) is 2.58. The maximum absolute atomic E-state index is 13.5. The van der Waals surface area contributed by atoms with Gasteiger partial charge in [-0.2, -0.15) is 0 Å². The molecule has 0 aliphatic heterocycles. The Morgan fingerprint density at radius 3 is 2.82 bits per heavy atom. The molecule has 3 rings (SSSR count). The molecule has 1 saturated carbocycles. The molecule has 90 valence electrons. The van der Waals surface area contributed by atoms with Crippen LogP contribution in [-0.2, 0) is 0 Å². The van der Waals surface area contributed by atoms with Gasteiger partial charge in [-0.1, -0.05) is 19.1 Å². The third-order valence-electron chi connectivity index (χ3n) is 3.73. The van der Waals surface area contributed by atoms with E-state index in [1.807, 2.05) is 19.2 Å². The minimum Gasteiger partial charge on any atom is -0.456 e. The summed E-state index contributed by atoms with van der Waals surface area (Å²) in [7, 11) is 1.93. The summed E-state index contributed by atoms with van der Waals surface area (Å²) in [6.07, 6.45) is 1.21. The lowest BCUT2D eigenvalue weighted by Gasteiger charge is -2.12. The third-order valence-corrected chi connectivity index (χ3v) is 3.73. The van der Waals surface area contributed by atoms with Gasteiger partial charge in [-0.05, 0) is 37.4 Å². The van der Waals surface area contributed by atoms with Gasteiger partial charge < -0.3 is 9.73 Å². The van der Waals surface area contributed by atoms with Crippen LogP contribution in [0.2, 0.25) is 0 Å². The summed E-state index contributed by atoms with van der Waals surface area (Å²) in [6.45, 7) is 2.23. The maximum Gasteiger partial charge on any atom is 0.169 e. The number of halogens is 1. The van der Waals surface area contributed by atoms with Gasteiger partial charge in [0.1, 0.15) is 5.76 Å². The molecule has 0 saturated heterocycles. The van der Waals surface area contributed by atoms with Gasteiger partial charge in [-0.25, -0.2) is 4.39 Å². The number of fused-ring (bicyclic) bond motifs is 1. The van der Waals surface area contributed by atoms with Crippen molar-refractivity contribution in [1.29, 1.82) is 0 Å². The SMILES string of the molecule is CNC(c1cc2cccc(F)c2o1)C1CC1C. The fraction of sp³-hybridized carbons (Fsp3) is 0.429. The first-order chi connectivity index (χ1) is 8.20. The van der Waals surface area contributed by atoms with Crippen molar-refractivity contribution < 1.29 is 8.81 Å².